The van der Waals surface area contributed by atoms with Crippen molar-refractivity contribution in [2.24, 2.45) is 0 Å². The van der Waals surface area contributed by atoms with Crippen molar-refractivity contribution in [3.63, 3.8) is 0 Å². The number of benzene rings is 1. The molecule has 0 saturated carbocycles. The molecule has 0 aliphatic rings. The molecule has 0 N–H and O–H groups in total. The third-order valence-corrected chi connectivity index (χ3v) is 6.24. The van der Waals surface area contributed by atoms with Crippen LogP contribution >= 0.6 is 0 Å². The highest BCUT2D eigenvalue weighted by Gasteiger charge is 2.38. The minimum atomic E-state index is -4.90. The number of rotatable bonds is 4. The molecule has 1 atom stereocenters. The van der Waals surface area contributed by atoms with Gasteiger partial charge in [-0.25, -0.2) is 22.6 Å². The van der Waals surface area contributed by atoms with E-state index in [2.05, 4.69) is 9.97 Å². The maximum Gasteiger partial charge on any atom is 0.475 e. The summed E-state index contributed by atoms with van der Waals surface area (Å²) in [4.78, 5) is 7.43. The van der Waals surface area contributed by atoms with Crippen molar-refractivity contribution in [3.8, 4) is 11.5 Å². The number of nitrogens with zero attached hydrogens (tertiary/aromatic N) is 2. The van der Waals surface area contributed by atoms with Gasteiger partial charge >= 0.3 is 5.51 Å². The first-order valence-electron chi connectivity index (χ1n) is 7.21. The molecule has 0 radical (unpaired) electrons. The van der Waals surface area contributed by atoms with Crippen LogP contribution in [0.5, 0.6) is 0 Å². The van der Waals surface area contributed by atoms with Crippen LogP contribution in [0, 0.1) is 0 Å². The molecule has 11 heteroatoms. The van der Waals surface area contributed by atoms with Crippen LogP contribution in [-0.4, -0.2) is 33.9 Å². The first-order valence-corrected chi connectivity index (χ1v) is 10.0. The quantitative estimate of drug-likeness (QED) is 0.663. The van der Waals surface area contributed by atoms with E-state index in [1.807, 2.05) is 0 Å². The fraction of sp³-hybridized carbons (Fsp3) is 0.200. The zero-order valence-corrected chi connectivity index (χ0v) is 14.8. The Bertz CT molecular complexity index is 1110. The van der Waals surface area contributed by atoms with Crippen molar-refractivity contribution in [2.75, 3.05) is 5.75 Å². The van der Waals surface area contributed by atoms with Gasteiger partial charge in [0.15, 0.2) is 31.2 Å². The lowest BCUT2D eigenvalue weighted by molar-refractivity contribution is -0.0384. The van der Waals surface area contributed by atoms with Gasteiger partial charge in [0.1, 0.15) is 5.52 Å². The summed E-state index contributed by atoms with van der Waals surface area (Å²) >= 11 is 0. The Morgan fingerprint density at radius 1 is 1.23 bits per heavy atom. The summed E-state index contributed by atoms with van der Waals surface area (Å²) in [6.45, 7) is 1.46. The van der Waals surface area contributed by atoms with Crippen LogP contribution in [0.25, 0.3) is 22.6 Å². The second kappa shape index (κ2) is 6.47. The van der Waals surface area contributed by atoms with Gasteiger partial charge in [0, 0.05) is 6.20 Å². The molecular formula is C15H11F3N2O4S2. The summed E-state index contributed by atoms with van der Waals surface area (Å²) < 4.78 is 79.1. The van der Waals surface area contributed by atoms with Gasteiger partial charge < -0.3 is 4.42 Å². The number of hydrogen-bond donors (Lipinski definition) is 0. The number of sulfone groups is 1. The summed E-state index contributed by atoms with van der Waals surface area (Å²) in [5, 5.41) is -0.229. The summed E-state index contributed by atoms with van der Waals surface area (Å²) in [6, 6.07) is 6.15. The molecule has 0 fully saturated rings. The number of halogens is 3. The van der Waals surface area contributed by atoms with Gasteiger partial charge in [0.25, 0.3) is 0 Å². The molecule has 0 spiro atoms. The number of hydrogen-bond acceptors (Lipinski definition) is 6. The molecule has 3 rings (SSSR count). The SMILES string of the molecule is CCS(=O)(=O)c1ncccc1-c1nc2cc(S(=O)C(F)(F)F)ccc2o1. The molecule has 1 aromatic carbocycles. The number of aromatic nitrogens is 2. The molecule has 0 amide bonds. The third kappa shape index (κ3) is 3.36. The second-order valence-electron chi connectivity index (χ2n) is 5.12. The van der Waals surface area contributed by atoms with Crippen molar-refractivity contribution in [1.82, 2.24) is 9.97 Å². The van der Waals surface area contributed by atoms with Gasteiger partial charge in [-0.15, -0.1) is 0 Å². The Hall–Kier alpha value is -2.27. The lowest BCUT2D eigenvalue weighted by Crippen LogP contribution is -2.16. The van der Waals surface area contributed by atoms with Gasteiger partial charge in [-0.3, -0.25) is 0 Å². The van der Waals surface area contributed by atoms with Crippen LogP contribution in [0.1, 0.15) is 6.92 Å². The molecule has 0 aliphatic carbocycles. The lowest BCUT2D eigenvalue weighted by Gasteiger charge is -2.04. The topological polar surface area (TPSA) is 90.1 Å². The van der Waals surface area contributed by atoms with E-state index in [-0.39, 0.29) is 33.3 Å². The minimum Gasteiger partial charge on any atom is -0.436 e. The molecule has 2 heterocycles. The maximum absolute atomic E-state index is 12.6. The van der Waals surface area contributed by atoms with Gasteiger partial charge in [-0.1, -0.05) is 6.92 Å². The van der Waals surface area contributed by atoms with E-state index in [4.69, 9.17) is 4.42 Å². The predicted octanol–water partition coefficient (Wildman–Crippen LogP) is 3.31. The molecule has 26 heavy (non-hydrogen) atoms. The number of alkyl halides is 3. The molecule has 0 aliphatic heterocycles. The first-order chi connectivity index (χ1) is 12.1. The number of oxazole rings is 1. The first kappa shape index (κ1) is 18.5. The normalized spacial score (nSPS) is 13.8. The minimum absolute atomic E-state index is 0.0267. The average molecular weight is 404 g/mol. The van der Waals surface area contributed by atoms with E-state index in [0.717, 1.165) is 12.1 Å². The van der Waals surface area contributed by atoms with Crippen molar-refractivity contribution in [2.45, 2.75) is 22.4 Å². The van der Waals surface area contributed by atoms with E-state index in [9.17, 15) is 25.8 Å². The van der Waals surface area contributed by atoms with E-state index in [1.165, 1.54) is 31.3 Å². The van der Waals surface area contributed by atoms with Gasteiger partial charge in [0.2, 0.25) is 5.89 Å². The van der Waals surface area contributed by atoms with E-state index in [0.29, 0.717) is 0 Å². The van der Waals surface area contributed by atoms with Crippen molar-refractivity contribution >= 4 is 31.7 Å². The Labute approximate surface area is 148 Å². The van der Waals surface area contributed by atoms with Crippen molar-refractivity contribution in [3.05, 3.63) is 36.5 Å². The lowest BCUT2D eigenvalue weighted by atomic mass is 10.3. The predicted molar refractivity (Wildman–Crippen MR) is 87.4 cm³/mol. The summed E-state index contributed by atoms with van der Waals surface area (Å²) in [5.74, 6) is -0.290. The summed E-state index contributed by atoms with van der Waals surface area (Å²) in [7, 11) is -6.87. The van der Waals surface area contributed by atoms with E-state index in [1.54, 1.807) is 0 Å². The fourth-order valence-electron chi connectivity index (χ4n) is 2.21. The highest BCUT2D eigenvalue weighted by Crippen LogP contribution is 2.32. The van der Waals surface area contributed by atoms with Gasteiger partial charge in [-0.2, -0.15) is 13.2 Å². The second-order valence-corrected chi connectivity index (χ2v) is 8.79. The van der Waals surface area contributed by atoms with Crippen LogP contribution in [0.3, 0.4) is 0 Å². The molecule has 138 valence electrons. The Morgan fingerprint density at radius 2 is 1.96 bits per heavy atom. The zero-order valence-electron chi connectivity index (χ0n) is 13.1. The molecular weight excluding hydrogens is 393 g/mol. The molecule has 6 nitrogen and oxygen atoms in total. The highest BCUT2D eigenvalue weighted by molar-refractivity contribution is 7.91. The largest absolute Gasteiger partial charge is 0.475 e. The molecule has 0 saturated heterocycles. The van der Waals surface area contributed by atoms with Crippen molar-refractivity contribution < 1.29 is 30.2 Å². The van der Waals surface area contributed by atoms with Crippen LogP contribution in [0.15, 0.2) is 50.9 Å². The molecule has 2 aromatic heterocycles. The van der Waals surface area contributed by atoms with Gasteiger partial charge in [-0.05, 0) is 30.3 Å². The fourth-order valence-corrected chi connectivity index (χ4v) is 3.87. The van der Waals surface area contributed by atoms with Crippen LogP contribution < -0.4 is 0 Å². The standard InChI is InChI=1S/C15H11F3N2O4S2/c1-2-26(22,23)14-10(4-3-7-19-14)13-20-11-8-9(5-6-12(11)24-13)25(21)15(16,17)18/h3-8H,2H2,1H3. The van der Waals surface area contributed by atoms with Crippen LogP contribution in [0.2, 0.25) is 0 Å². The third-order valence-electron chi connectivity index (χ3n) is 3.46. The number of fused-ring (bicyclic) bond motifs is 1. The summed E-state index contributed by atoms with van der Waals surface area (Å²) in [5.41, 5.74) is -4.64. The van der Waals surface area contributed by atoms with E-state index >= 15 is 0 Å². The monoisotopic (exact) mass is 404 g/mol. The number of pyridine rings is 1. The summed E-state index contributed by atoms with van der Waals surface area (Å²) in [6.07, 6.45) is 1.30. The van der Waals surface area contributed by atoms with E-state index < -0.39 is 31.0 Å². The Morgan fingerprint density at radius 3 is 2.62 bits per heavy atom. The molecule has 0 bridgehead atoms. The highest BCUT2D eigenvalue weighted by atomic mass is 32.2. The van der Waals surface area contributed by atoms with Crippen molar-refractivity contribution in [1.29, 1.82) is 0 Å². The molecule has 3 aromatic rings. The average Bonchev–Trinajstić information content (AvgIpc) is 3.03. The molecule has 1 unspecified atom stereocenters. The zero-order chi connectivity index (χ0) is 19.1. The van der Waals surface area contributed by atoms with Crippen LogP contribution in [0.4, 0.5) is 13.2 Å². The smallest absolute Gasteiger partial charge is 0.436 e. The Kier molecular flexibility index (Phi) is 4.61. The Balaban J connectivity index is 2.14. The van der Waals surface area contributed by atoms with Crippen LogP contribution in [-0.2, 0) is 20.6 Å². The van der Waals surface area contributed by atoms with Gasteiger partial charge in [0.05, 0.1) is 16.2 Å². The maximum atomic E-state index is 12.6.